The predicted molar refractivity (Wildman–Crippen MR) is 295 cm³/mol. The first-order chi connectivity index (χ1) is 38.4. The molecule has 0 saturated heterocycles. The lowest BCUT2D eigenvalue weighted by Crippen LogP contribution is -2.44. The van der Waals surface area contributed by atoms with Gasteiger partial charge in [0.1, 0.15) is 17.5 Å². The maximum Gasteiger partial charge on any atom is 0.294 e. The summed E-state index contributed by atoms with van der Waals surface area (Å²) in [6, 6.07) is 13.5. The fraction of sp³-hybridized carbons (Fsp3) is 0.263. The minimum atomic E-state index is -1.02. The van der Waals surface area contributed by atoms with Crippen LogP contribution >= 0.6 is 0 Å². The van der Waals surface area contributed by atoms with E-state index < -0.39 is 110 Å². The molecule has 6 rings (SSSR count). The molecule has 0 saturated carbocycles. The van der Waals surface area contributed by atoms with E-state index in [-0.39, 0.29) is 56.8 Å². The number of carbonyl (C=O) groups excluding carboxylic acids is 9. The molecule has 6 aromatic rings. The fourth-order valence-corrected chi connectivity index (χ4v) is 7.00. The van der Waals surface area contributed by atoms with Gasteiger partial charge in [0.15, 0.2) is 0 Å². The van der Waals surface area contributed by atoms with Crippen molar-refractivity contribution in [3.8, 4) is 0 Å². The van der Waals surface area contributed by atoms with E-state index in [0.29, 0.717) is 0 Å². The molecule has 3 aromatic heterocycles. The van der Waals surface area contributed by atoms with Gasteiger partial charge in [0, 0.05) is 61.0 Å². The molecule has 26 heteroatoms. The first-order valence-electron chi connectivity index (χ1n) is 24.3. The number of hydrogen-bond donors (Lipinski definition) is 6. The lowest BCUT2D eigenvalue weighted by atomic mass is 10.1. The summed E-state index contributed by atoms with van der Waals surface area (Å²) in [6.07, 6.45) is 1.41. The Bertz CT molecular complexity index is 3600. The second kappa shape index (κ2) is 26.2. The normalized spacial score (nSPS) is 10.9. The van der Waals surface area contributed by atoms with Crippen LogP contribution in [0.4, 0.5) is 56.1 Å². The van der Waals surface area contributed by atoms with Gasteiger partial charge < -0.3 is 45.6 Å². The Morgan fingerprint density at radius 2 is 0.711 bits per heavy atom. The first-order valence-corrected chi connectivity index (χ1v) is 24.3. The van der Waals surface area contributed by atoms with E-state index in [1.807, 2.05) is 0 Å². The van der Waals surface area contributed by atoms with E-state index in [0.717, 1.165) is 51.6 Å². The van der Waals surface area contributed by atoms with Crippen LogP contribution in [0.2, 0.25) is 0 Å². The molecular weight excluding hydrogens is 1090 g/mol. The smallest absolute Gasteiger partial charge is 0.294 e. The molecule has 0 aliphatic rings. The van der Waals surface area contributed by atoms with Gasteiger partial charge in [-0.2, -0.15) is 8.78 Å². The van der Waals surface area contributed by atoms with Crippen LogP contribution in [0.25, 0.3) is 14.5 Å². The molecule has 6 amide bonds. The van der Waals surface area contributed by atoms with Crippen LogP contribution in [0.3, 0.4) is 0 Å². The Labute approximate surface area is 472 Å². The summed E-state index contributed by atoms with van der Waals surface area (Å²) in [6.45, 7) is 36.0. The molecule has 0 aliphatic heterocycles. The quantitative estimate of drug-likeness (QED) is 0.0295. The highest BCUT2D eigenvalue weighted by Gasteiger charge is 2.31. The second-order valence-electron chi connectivity index (χ2n) is 21.1. The average Bonchev–Trinajstić information content (AvgIpc) is 3.97. The zero-order valence-corrected chi connectivity index (χ0v) is 46.8. The minimum Gasteiger partial charge on any atom is -0.347 e. The van der Waals surface area contributed by atoms with Crippen molar-refractivity contribution in [2.24, 2.45) is 21.1 Å². The lowest BCUT2D eigenvalue weighted by molar-refractivity contribution is -0.119. The molecule has 0 radical (unpaired) electrons. The third kappa shape index (κ3) is 17.2. The van der Waals surface area contributed by atoms with Gasteiger partial charge >= 0.3 is 0 Å². The van der Waals surface area contributed by atoms with Crippen molar-refractivity contribution < 1.29 is 65.1 Å². The van der Waals surface area contributed by atoms with Crippen molar-refractivity contribution in [3.63, 3.8) is 0 Å². The summed E-state index contributed by atoms with van der Waals surface area (Å²) in [7, 11) is 3.96. The molecule has 83 heavy (non-hydrogen) atoms. The summed E-state index contributed by atoms with van der Waals surface area (Å²) in [5.74, 6) is -12.0. The number of rotatable bonds is 12. The van der Waals surface area contributed by atoms with Crippen LogP contribution in [0.1, 0.15) is 125 Å². The number of amides is 6. The maximum atomic E-state index is 14.5. The molecule has 0 fully saturated rings. The predicted octanol–water partition coefficient (Wildman–Crippen LogP) is 9.47. The van der Waals surface area contributed by atoms with Gasteiger partial charge in [-0.15, -0.1) is 0 Å². The standard InChI is InChI=1S/2C19H18F2N4O3.C19H19FN4O3/c2*1-19(2,3)24-18(28)15(26)14-9-11(16(21)25(14)5)17(27)23-10-6-7-12(20)13(8-10)22-4;1-19(2,3)23-18(27)16(25)15-8-11(10-24(15)5)17(26)22-12-6-7-13(20)14(9-12)21-4/h2*6-9H,1-3,5H3,(H,23,27)(H,24,28);6-10H,1-3,5H3,(H,22,26)(H,23,27). The molecule has 0 aliphatic carbocycles. The van der Waals surface area contributed by atoms with E-state index in [1.54, 1.807) is 69.4 Å². The number of nitrogens with zero attached hydrogens (tertiary/aromatic N) is 6. The van der Waals surface area contributed by atoms with E-state index >= 15 is 0 Å². The molecule has 3 aromatic carbocycles. The Morgan fingerprint density at radius 1 is 0.422 bits per heavy atom. The number of carbonyl (C=O) groups is 9. The van der Waals surface area contributed by atoms with Gasteiger partial charge in [-0.1, -0.05) is 0 Å². The highest BCUT2D eigenvalue weighted by molar-refractivity contribution is 6.43. The van der Waals surface area contributed by atoms with Crippen molar-refractivity contribution in [2.45, 2.75) is 78.9 Å². The van der Waals surface area contributed by atoms with E-state index in [4.69, 9.17) is 19.7 Å². The fourth-order valence-electron chi connectivity index (χ4n) is 7.00. The number of Topliss-reactive ketones (excluding diaryl/α,β-unsaturated/α-hetero) is 3. The van der Waals surface area contributed by atoms with Crippen LogP contribution in [-0.4, -0.2) is 83.1 Å². The molecule has 21 nitrogen and oxygen atoms in total. The van der Waals surface area contributed by atoms with Crippen LogP contribution < -0.4 is 31.9 Å². The summed E-state index contributed by atoms with van der Waals surface area (Å²) >= 11 is 0. The average molecular weight is 1150 g/mol. The Hall–Kier alpha value is -10.6. The summed E-state index contributed by atoms with van der Waals surface area (Å²) in [4.78, 5) is 119. The number of nitrogens with one attached hydrogen (secondary N) is 6. The minimum absolute atomic E-state index is 0.0582. The Balaban J connectivity index is 0.000000267. The zero-order chi connectivity index (χ0) is 62.8. The Kier molecular flexibility index (Phi) is 20.5. The number of benzene rings is 3. The monoisotopic (exact) mass is 1150 g/mol. The second-order valence-corrected chi connectivity index (χ2v) is 21.1. The summed E-state index contributed by atoms with van der Waals surface area (Å²) in [5.41, 5.74) is -3.64. The van der Waals surface area contributed by atoms with Gasteiger partial charge in [-0.05, 0) is 135 Å². The summed E-state index contributed by atoms with van der Waals surface area (Å²) in [5, 5.41) is 14.7. The van der Waals surface area contributed by atoms with Crippen LogP contribution in [0, 0.1) is 49.1 Å². The molecule has 3 heterocycles. The van der Waals surface area contributed by atoms with Gasteiger partial charge in [-0.25, -0.2) is 27.7 Å². The zero-order valence-electron chi connectivity index (χ0n) is 46.8. The first kappa shape index (κ1) is 65.0. The number of anilines is 3. The number of hydrogen-bond acceptors (Lipinski definition) is 9. The largest absolute Gasteiger partial charge is 0.347 e. The van der Waals surface area contributed by atoms with Gasteiger partial charge in [0.25, 0.3) is 52.8 Å². The Morgan fingerprint density at radius 3 is 1.00 bits per heavy atom. The molecule has 0 spiro atoms. The molecule has 0 atom stereocenters. The van der Waals surface area contributed by atoms with E-state index in [1.165, 1.54) is 55.2 Å². The highest BCUT2D eigenvalue weighted by atomic mass is 19.1. The maximum absolute atomic E-state index is 14.5. The number of aryl methyl sites for hydroxylation is 1. The van der Waals surface area contributed by atoms with Crippen LogP contribution in [0.5, 0.6) is 0 Å². The number of halogens is 5. The van der Waals surface area contributed by atoms with Gasteiger partial charge in [0.2, 0.25) is 29.0 Å². The van der Waals surface area contributed by atoms with Gasteiger partial charge in [-0.3, -0.25) is 43.2 Å². The van der Waals surface area contributed by atoms with Crippen molar-refractivity contribution in [1.82, 2.24) is 29.7 Å². The van der Waals surface area contributed by atoms with Crippen LogP contribution in [0.15, 0.2) is 79.0 Å². The van der Waals surface area contributed by atoms with E-state index in [2.05, 4.69) is 46.4 Å². The SMILES string of the molecule is [C-]#[N+]c1cc(NC(=O)c2cc(C(=O)C(=O)NC(C)(C)C)n(C)c2)ccc1F.[C-]#[N+]c1cc(NC(=O)c2cc(C(=O)C(=O)NC(C)(C)C)n(C)c2F)ccc1F.[C-]#[N+]c1cc(NC(=O)c2cc(C(=O)C(=O)NC(C)(C)C)n(C)c2F)ccc1F. The summed E-state index contributed by atoms with van der Waals surface area (Å²) < 4.78 is 72.0. The lowest BCUT2D eigenvalue weighted by Gasteiger charge is -2.19. The van der Waals surface area contributed by atoms with Crippen molar-refractivity contribution in [3.05, 3.63) is 176 Å². The van der Waals surface area contributed by atoms with Crippen molar-refractivity contribution in [2.75, 3.05) is 16.0 Å². The topological polar surface area (TPSA) is 254 Å². The highest BCUT2D eigenvalue weighted by Crippen LogP contribution is 2.27. The van der Waals surface area contributed by atoms with Crippen molar-refractivity contribution >= 4 is 86.9 Å². The molecular formula is C57H55F5N12O9. The van der Waals surface area contributed by atoms with Gasteiger partial charge in [0.05, 0.1) is 53.5 Å². The number of aromatic nitrogens is 3. The molecule has 0 unspecified atom stereocenters. The number of ketones is 3. The van der Waals surface area contributed by atoms with Crippen LogP contribution in [-0.2, 0) is 35.5 Å². The molecule has 6 N–H and O–H groups in total. The third-order valence-corrected chi connectivity index (χ3v) is 10.8. The third-order valence-electron chi connectivity index (χ3n) is 10.8. The molecule has 0 bridgehead atoms. The van der Waals surface area contributed by atoms with Crippen molar-refractivity contribution in [1.29, 1.82) is 0 Å². The van der Waals surface area contributed by atoms with E-state index in [9.17, 15) is 65.1 Å². The molecule has 432 valence electrons.